The summed E-state index contributed by atoms with van der Waals surface area (Å²) in [6.45, 7) is 1.84. The van der Waals surface area contributed by atoms with E-state index in [1.54, 1.807) is 46.1 Å². The van der Waals surface area contributed by atoms with E-state index in [-0.39, 0.29) is 0 Å². The summed E-state index contributed by atoms with van der Waals surface area (Å²) < 4.78 is 17.4. The number of hydrogen-bond donors (Lipinski definition) is 2. The monoisotopic (exact) mass is 536 g/mol. The van der Waals surface area contributed by atoms with E-state index in [1.807, 2.05) is 72.0 Å². The van der Waals surface area contributed by atoms with Crippen LogP contribution in [0.5, 0.6) is 0 Å². The first kappa shape index (κ1) is 28.6. The Morgan fingerprint density at radius 3 is 1.97 bits per heavy atom. The van der Waals surface area contributed by atoms with Crippen molar-refractivity contribution >= 4 is 23.1 Å². The molecule has 0 aliphatic heterocycles. The van der Waals surface area contributed by atoms with E-state index in [9.17, 15) is 0 Å². The van der Waals surface area contributed by atoms with Crippen LogP contribution >= 0.6 is 11.6 Å². The third kappa shape index (κ3) is 6.85. The van der Waals surface area contributed by atoms with Gasteiger partial charge in [0.05, 0.1) is 5.69 Å². The Morgan fingerprint density at radius 1 is 0.816 bits per heavy atom. The minimum atomic E-state index is -1.08. The van der Waals surface area contributed by atoms with Crippen LogP contribution in [-0.4, -0.2) is 50.9 Å². The molecule has 0 amide bonds. The highest BCUT2D eigenvalue weighted by Gasteiger charge is 2.31. The van der Waals surface area contributed by atoms with Gasteiger partial charge in [0.2, 0.25) is 0 Å². The molecule has 2 aromatic carbocycles. The molecule has 0 aliphatic rings. The highest BCUT2D eigenvalue weighted by atomic mass is 35.5. The number of hydrogen-bond acceptors (Lipinski definition) is 10. The number of nitrogen functional groups attached to an aromatic ring is 1. The fraction of sp³-hybridized carbons (Fsp3) is 0.192. The average molecular weight is 537 g/mol. The van der Waals surface area contributed by atoms with E-state index < -0.39 is 5.97 Å². The first-order valence-corrected chi connectivity index (χ1v) is 11.7. The Balaban J connectivity index is 0.000000165. The van der Waals surface area contributed by atoms with Crippen molar-refractivity contribution < 1.29 is 14.2 Å². The maximum atomic E-state index is 5.92. The third-order valence-electron chi connectivity index (χ3n) is 5.27. The van der Waals surface area contributed by atoms with Crippen LogP contribution < -0.4 is 11.3 Å². The summed E-state index contributed by atoms with van der Waals surface area (Å²) in [5.74, 6) is 5.40. The second-order valence-electron chi connectivity index (χ2n) is 7.47. The second-order valence-corrected chi connectivity index (χ2v) is 7.83. The molecule has 0 bridgehead atoms. The predicted octanol–water partition coefficient (Wildman–Crippen LogP) is 4.25. The number of fused-ring (bicyclic) bond motifs is 1. The van der Waals surface area contributed by atoms with Crippen molar-refractivity contribution in [2.45, 2.75) is 12.9 Å². The van der Waals surface area contributed by atoms with E-state index in [2.05, 4.69) is 30.6 Å². The molecule has 3 aromatic heterocycles. The second kappa shape index (κ2) is 14.1. The van der Waals surface area contributed by atoms with Crippen LogP contribution in [0.3, 0.4) is 0 Å². The highest BCUT2D eigenvalue weighted by Crippen LogP contribution is 2.26. The minimum absolute atomic E-state index is 0.359. The fourth-order valence-corrected chi connectivity index (χ4v) is 3.56. The Morgan fingerprint density at radius 2 is 1.42 bits per heavy atom. The first-order chi connectivity index (χ1) is 18.5. The molecular weight excluding hydrogens is 508 g/mol. The molecule has 198 valence electrons. The Kier molecular flexibility index (Phi) is 10.6. The summed E-state index contributed by atoms with van der Waals surface area (Å²) in [5, 5.41) is 8.49. The lowest BCUT2D eigenvalue weighted by molar-refractivity contribution is -0.364. The van der Waals surface area contributed by atoms with Gasteiger partial charge in [-0.1, -0.05) is 72.3 Å². The van der Waals surface area contributed by atoms with E-state index in [4.69, 9.17) is 31.7 Å². The van der Waals surface area contributed by atoms with Crippen LogP contribution in [0.15, 0.2) is 85.5 Å². The lowest BCUT2D eigenvalue weighted by Gasteiger charge is -2.28. The lowest BCUT2D eigenvalue weighted by atomic mass is 10.2. The predicted molar refractivity (Wildman–Crippen MR) is 145 cm³/mol. The molecule has 0 spiro atoms. The Labute approximate surface area is 225 Å². The van der Waals surface area contributed by atoms with Crippen LogP contribution in [-0.2, 0) is 20.2 Å². The zero-order valence-electron chi connectivity index (χ0n) is 21.4. The summed E-state index contributed by atoms with van der Waals surface area (Å²) in [6.07, 6.45) is 6.63. The number of ether oxygens (including phenoxy) is 3. The molecule has 0 atom stereocenters. The van der Waals surface area contributed by atoms with Crippen molar-refractivity contribution in [3.63, 3.8) is 0 Å². The lowest BCUT2D eigenvalue weighted by Crippen LogP contribution is -2.32. The first-order valence-electron chi connectivity index (χ1n) is 11.4. The van der Waals surface area contributed by atoms with Gasteiger partial charge in [-0.3, -0.25) is 9.38 Å². The number of benzene rings is 2. The standard InChI is InChI=1S/C11H7ClN4.C10H14O3.C5H8N4/c12-9-11-15-14-10(16(11)7-6-13-9)8-4-2-1-3-5-8;1-11-10(12-2,13-3)9-7-5-4-6-8-9;1-4-5(9-6)8-3-2-7-4/h1-7H;4-8H,1-3H3;2-3H,6H2,1H3,(H,8,9). The highest BCUT2D eigenvalue weighted by molar-refractivity contribution is 6.32. The molecule has 12 heteroatoms. The molecule has 3 N–H and O–H groups in total. The van der Waals surface area contributed by atoms with Crippen LogP contribution in [0.25, 0.3) is 17.0 Å². The number of methoxy groups -OCH3 is 3. The van der Waals surface area contributed by atoms with Crippen LogP contribution in [0.2, 0.25) is 5.15 Å². The number of nitrogens with one attached hydrogen (secondary N) is 1. The summed E-state index contributed by atoms with van der Waals surface area (Å²) in [6, 6.07) is 19.3. The van der Waals surface area contributed by atoms with Crippen molar-refractivity contribution in [2.75, 3.05) is 26.8 Å². The average Bonchev–Trinajstić information content (AvgIpc) is 3.42. The number of nitrogens with zero attached hydrogens (tertiary/aromatic N) is 6. The van der Waals surface area contributed by atoms with Gasteiger partial charge in [-0.05, 0) is 6.92 Å². The number of halogens is 1. The molecule has 38 heavy (non-hydrogen) atoms. The Hall–Kier alpha value is -4.00. The molecule has 0 saturated heterocycles. The van der Waals surface area contributed by atoms with Gasteiger partial charge < -0.3 is 19.6 Å². The van der Waals surface area contributed by atoms with Gasteiger partial charge in [-0.2, -0.15) is 0 Å². The van der Waals surface area contributed by atoms with Gasteiger partial charge >= 0.3 is 5.97 Å². The number of anilines is 1. The van der Waals surface area contributed by atoms with Crippen LogP contribution in [0.4, 0.5) is 5.82 Å². The van der Waals surface area contributed by atoms with Gasteiger partial charge in [0.1, 0.15) is 0 Å². The van der Waals surface area contributed by atoms with Crippen molar-refractivity contribution in [2.24, 2.45) is 5.84 Å². The number of nitrogens with two attached hydrogens (primary N) is 1. The molecule has 3 heterocycles. The van der Waals surface area contributed by atoms with Crippen LogP contribution in [0, 0.1) is 6.92 Å². The SMILES string of the molecule is COC(OC)(OC)c1ccccc1.Cc1nccnc1NN.Clc1nccn2c(-c3ccccc3)nnc12. The molecular formula is C26H29ClN8O3. The molecule has 0 aliphatic carbocycles. The zero-order valence-corrected chi connectivity index (χ0v) is 22.2. The number of rotatable bonds is 6. The van der Waals surface area contributed by atoms with E-state index >= 15 is 0 Å². The van der Waals surface area contributed by atoms with Crippen molar-refractivity contribution in [1.29, 1.82) is 0 Å². The number of hydrazine groups is 1. The van der Waals surface area contributed by atoms with E-state index in [1.165, 1.54) is 0 Å². The maximum absolute atomic E-state index is 5.92. The maximum Gasteiger partial charge on any atom is 0.311 e. The number of aromatic nitrogens is 6. The van der Waals surface area contributed by atoms with Gasteiger partial charge in [0, 0.05) is 57.2 Å². The molecule has 11 nitrogen and oxygen atoms in total. The summed E-state index contributed by atoms with van der Waals surface area (Å²) in [5.41, 5.74) is 5.63. The molecule has 0 unspecified atom stereocenters. The zero-order chi connectivity index (χ0) is 27.4. The third-order valence-corrected chi connectivity index (χ3v) is 5.53. The minimum Gasteiger partial charge on any atom is -0.327 e. The molecule has 5 aromatic rings. The van der Waals surface area contributed by atoms with Gasteiger partial charge in [0.25, 0.3) is 0 Å². The molecule has 5 rings (SSSR count). The van der Waals surface area contributed by atoms with E-state index in [0.717, 1.165) is 22.6 Å². The van der Waals surface area contributed by atoms with Gasteiger partial charge in [-0.15, -0.1) is 10.2 Å². The normalized spacial score (nSPS) is 10.7. The summed E-state index contributed by atoms with van der Waals surface area (Å²) >= 11 is 5.92. The van der Waals surface area contributed by atoms with Gasteiger partial charge in [-0.25, -0.2) is 15.8 Å². The van der Waals surface area contributed by atoms with Crippen molar-refractivity contribution in [3.8, 4) is 11.4 Å². The van der Waals surface area contributed by atoms with Crippen molar-refractivity contribution in [1.82, 2.24) is 29.5 Å². The largest absolute Gasteiger partial charge is 0.327 e. The molecule has 0 fully saturated rings. The fourth-order valence-electron chi connectivity index (χ4n) is 3.38. The van der Waals surface area contributed by atoms with Crippen molar-refractivity contribution in [3.05, 3.63) is 102 Å². The van der Waals surface area contributed by atoms with E-state index in [0.29, 0.717) is 16.6 Å². The smallest absolute Gasteiger partial charge is 0.311 e. The quantitative estimate of drug-likeness (QED) is 0.184. The Bertz CT molecular complexity index is 1390. The van der Waals surface area contributed by atoms with Crippen LogP contribution in [0.1, 0.15) is 11.3 Å². The summed E-state index contributed by atoms with van der Waals surface area (Å²) in [7, 11) is 4.62. The number of aryl methyl sites for hydroxylation is 1. The van der Waals surface area contributed by atoms with Gasteiger partial charge in [0.15, 0.2) is 22.4 Å². The molecule has 0 radical (unpaired) electrons. The topological polar surface area (TPSA) is 135 Å². The summed E-state index contributed by atoms with van der Waals surface area (Å²) in [4.78, 5) is 11.8. The molecule has 0 saturated carbocycles.